The van der Waals surface area contributed by atoms with Crippen LogP contribution in [0.15, 0.2) is 46.9 Å². The molecule has 2 aromatic rings. The van der Waals surface area contributed by atoms with Crippen molar-refractivity contribution in [3.63, 3.8) is 0 Å². The third kappa shape index (κ3) is 5.49. The summed E-state index contributed by atoms with van der Waals surface area (Å²) in [5.41, 5.74) is 1.32. The predicted molar refractivity (Wildman–Crippen MR) is 97.0 cm³/mol. The second-order valence-corrected chi connectivity index (χ2v) is 5.91. The van der Waals surface area contributed by atoms with Gasteiger partial charge in [-0.15, -0.1) is 0 Å². The second kappa shape index (κ2) is 9.08. The molecule has 0 aromatic heterocycles. The molecule has 0 aliphatic carbocycles. The van der Waals surface area contributed by atoms with E-state index in [-0.39, 0.29) is 13.0 Å². The number of amides is 1. The Morgan fingerprint density at radius 3 is 2.44 bits per heavy atom. The zero-order valence-corrected chi connectivity index (χ0v) is 15.5. The van der Waals surface area contributed by atoms with Crippen LogP contribution in [0.2, 0.25) is 0 Å². The van der Waals surface area contributed by atoms with Gasteiger partial charge in [0.1, 0.15) is 0 Å². The van der Waals surface area contributed by atoms with Crippen molar-refractivity contribution in [3.05, 3.63) is 52.5 Å². The largest absolute Gasteiger partial charge is 0.493 e. The number of benzene rings is 2. The van der Waals surface area contributed by atoms with Crippen LogP contribution in [0.4, 0.5) is 5.69 Å². The van der Waals surface area contributed by atoms with Gasteiger partial charge in [0.05, 0.1) is 26.3 Å². The Labute approximate surface area is 154 Å². The zero-order valence-electron chi connectivity index (χ0n) is 13.9. The lowest BCUT2D eigenvalue weighted by molar-refractivity contribution is -0.146. The van der Waals surface area contributed by atoms with Crippen molar-refractivity contribution >= 4 is 33.5 Å². The van der Waals surface area contributed by atoms with E-state index >= 15 is 0 Å². The van der Waals surface area contributed by atoms with E-state index < -0.39 is 11.9 Å². The second-order valence-electron chi connectivity index (χ2n) is 5.05. The quantitative estimate of drug-likeness (QED) is 0.713. The highest BCUT2D eigenvalue weighted by molar-refractivity contribution is 9.10. The number of carbonyl (C=O) groups is 2. The molecule has 1 N–H and O–H groups in total. The van der Waals surface area contributed by atoms with Crippen LogP contribution in [0, 0.1) is 0 Å². The number of rotatable bonds is 7. The number of methoxy groups -OCH3 is 2. The highest BCUT2D eigenvalue weighted by Gasteiger charge is 2.12. The third-order valence-corrected chi connectivity index (χ3v) is 4.00. The van der Waals surface area contributed by atoms with E-state index in [0.717, 1.165) is 4.47 Å². The molecule has 1 amide bonds. The van der Waals surface area contributed by atoms with Gasteiger partial charge in [-0.05, 0) is 45.8 Å². The first kappa shape index (κ1) is 18.8. The minimum Gasteiger partial charge on any atom is -0.493 e. The number of anilines is 1. The van der Waals surface area contributed by atoms with Gasteiger partial charge < -0.3 is 19.5 Å². The lowest BCUT2D eigenvalue weighted by Gasteiger charge is -2.10. The standard InChI is InChI=1S/C18H18BrNO5/c1-23-15-8-7-12(9-16(15)24-2)10-18(22)25-11-17(21)20-14-6-4-3-5-13(14)19/h3-9H,10-11H2,1-2H3,(H,20,21). The van der Waals surface area contributed by atoms with E-state index in [1.54, 1.807) is 36.4 Å². The van der Waals surface area contributed by atoms with E-state index in [0.29, 0.717) is 22.7 Å². The third-order valence-electron chi connectivity index (χ3n) is 3.31. The minimum atomic E-state index is -0.505. The summed E-state index contributed by atoms with van der Waals surface area (Å²) >= 11 is 3.33. The normalized spacial score (nSPS) is 10.0. The molecule has 0 saturated carbocycles. The number of nitrogens with one attached hydrogen (secondary N) is 1. The number of esters is 1. The fourth-order valence-corrected chi connectivity index (χ4v) is 2.49. The number of para-hydroxylation sites is 1. The summed E-state index contributed by atoms with van der Waals surface area (Å²) in [6.45, 7) is -0.354. The maximum absolute atomic E-state index is 11.9. The molecule has 25 heavy (non-hydrogen) atoms. The molecule has 0 spiro atoms. The van der Waals surface area contributed by atoms with E-state index in [1.165, 1.54) is 14.2 Å². The van der Waals surface area contributed by atoms with Gasteiger partial charge in [-0.2, -0.15) is 0 Å². The van der Waals surface area contributed by atoms with Crippen molar-refractivity contribution in [2.45, 2.75) is 6.42 Å². The summed E-state index contributed by atoms with van der Waals surface area (Å²) in [4.78, 5) is 23.8. The molecule has 0 bridgehead atoms. The number of ether oxygens (including phenoxy) is 3. The lowest BCUT2D eigenvalue weighted by atomic mass is 10.1. The molecule has 132 valence electrons. The topological polar surface area (TPSA) is 73.9 Å². The van der Waals surface area contributed by atoms with Crippen molar-refractivity contribution in [1.29, 1.82) is 0 Å². The SMILES string of the molecule is COc1ccc(CC(=O)OCC(=O)Nc2ccccc2Br)cc1OC. The molecule has 0 saturated heterocycles. The Balaban J connectivity index is 1.86. The number of hydrogen-bond acceptors (Lipinski definition) is 5. The highest BCUT2D eigenvalue weighted by Crippen LogP contribution is 2.27. The fraction of sp³-hybridized carbons (Fsp3) is 0.222. The van der Waals surface area contributed by atoms with Crippen LogP contribution in [0.3, 0.4) is 0 Å². The van der Waals surface area contributed by atoms with E-state index in [1.807, 2.05) is 6.07 Å². The van der Waals surface area contributed by atoms with Crippen molar-refractivity contribution in [2.75, 3.05) is 26.1 Å². The van der Waals surface area contributed by atoms with Crippen LogP contribution in [0.25, 0.3) is 0 Å². The Bertz CT molecular complexity index is 763. The molecule has 0 fully saturated rings. The summed E-state index contributed by atoms with van der Waals surface area (Å²) in [7, 11) is 3.06. The molecule has 0 atom stereocenters. The summed E-state index contributed by atoms with van der Waals surface area (Å²) in [6, 6.07) is 12.3. The van der Waals surface area contributed by atoms with Crippen LogP contribution < -0.4 is 14.8 Å². The number of hydrogen-bond donors (Lipinski definition) is 1. The van der Waals surface area contributed by atoms with Gasteiger partial charge in [0.2, 0.25) is 0 Å². The summed E-state index contributed by atoms with van der Waals surface area (Å²) in [5, 5.41) is 2.66. The monoisotopic (exact) mass is 407 g/mol. The fourth-order valence-electron chi connectivity index (χ4n) is 2.10. The minimum absolute atomic E-state index is 0.0304. The Kier molecular flexibility index (Phi) is 6.82. The number of halogens is 1. The number of carbonyl (C=O) groups excluding carboxylic acids is 2. The summed E-state index contributed by atoms with van der Waals surface area (Å²) < 4.78 is 16.1. The van der Waals surface area contributed by atoms with Gasteiger partial charge in [-0.1, -0.05) is 18.2 Å². The molecule has 0 radical (unpaired) electrons. The molecular weight excluding hydrogens is 390 g/mol. The molecule has 0 unspecified atom stereocenters. The maximum atomic E-state index is 11.9. The average molecular weight is 408 g/mol. The zero-order chi connectivity index (χ0) is 18.2. The van der Waals surface area contributed by atoms with E-state index in [9.17, 15) is 9.59 Å². The molecule has 0 aliphatic heterocycles. The first-order valence-corrected chi connectivity index (χ1v) is 8.23. The van der Waals surface area contributed by atoms with Gasteiger partial charge in [0.15, 0.2) is 18.1 Å². The van der Waals surface area contributed by atoms with Gasteiger partial charge >= 0.3 is 5.97 Å². The lowest BCUT2D eigenvalue weighted by Crippen LogP contribution is -2.21. The smallest absolute Gasteiger partial charge is 0.310 e. The van der Waals surface area contributed by atoms with Crippen molar-refractivity contribution < 1.29 is 23.8 Å². The summed E-state index contributed by atoms with van der Waals surface area (Å²) in [5.74, 6) is 0.189. The highest BCUT2D eigenvalue weighted by atomic mass is 79.9. The first-order valence-electron chi connectivity index (χ1n) is 7.44. The van der Waals surface area contributed by atoms with Crippen LogP contribution in [-0.2, 0) is 20.7 Å². The van der Waals surface area contributed by atoms with Crippen molar-refractivity contribution in [3.8, 4) is 11.5 Å². The van der Waals surface area contributed by atoms with Gasteiger partial charge in [-0.25, -0.2) is 0 Å². The molecule has 6 nitrogen and oxygen atoms in total. The van der Waals surface area contributed by atoms with Crippen molar-refractivity contribution in [1.82, 2.24) is 0 Å². The van der Waals surface area contributed by atoms with E-state index in [4.69, 9.17) is 14.2 Å². The van der Waals surface area contributed by atoms with Gasteiger partial charge in [0.25, 0.3) is 5.91 Å². The molecule has 0 heterocycles. The molecule has 7 heteroatoms. The Morgan fingerprint density at radius 1 is 1.04 bits per heavy atom. The van der Waals surface area contributed by atoms with Gasteiger partial charge in [-0.3, -0.25) is 9.59 Å². The summed E-state index contributed by atoms with van der Waals surface area (Å²) in [6.07, 6.45) is 0.0304. The van der Waals surface area contributed by atoms with E-state index in [2.05, 4.69) is 21.2 Å². The van der Waals surface area contributed by atoms with Crippen LogP contribution in [0.1, 0.15) is 5.56 Å². The average Bonchev–Trinajstić information content (AvgIpc) is 2.62. The molecule has 2 aromatic carbocycles. The predicted octanol–water partition coefficient (Wildman–Crippen LogP) is 3.19. The Morgan fingerprint density at radius 2 is 1.76 bits per heavy atom. The maximum Gasteiger partial charge on any atom is 0.310 e. The molecule has 0 aliphatic rings. The van der Waals surface area contributed by atoms with Crippen LogP contribution in [0.5, 0.6) is 11.5 Å². The molecular formula is C18H18BrNO5. The molecule has 2 rings (SSSR count). The van der Waals surface area contributed by atoms with Crippen LogP contribution in [-0.4, -0.2) is 32.7 Å². The Hall–Kier alpha value is -2.54. The van der Waals surface area contributed by atoms with Gasteiger partial charge in [0, 0.05) is 4.47 Å². The van der Waals surface area contributed by atoms with Crippen LogP contribution >= 0.6 is 15.9 Å². The van der Waals surface area contributed by atoms with Crippen molar-refractivity contribution in [2.24, 2.45) is 0 Å². The first-order chi connectivity index (χ1) is 12.0.